The molecule has 0 bridgehead atoms. The molecule has 0 aliphatic carbocycles. The predicted molar refractivity (Wildman–Crippen MR) is 80.1 cm³/mol. The molecule has 1 N–H and O–H groups in total. The summed E-state index contributed by atoms with van der Waals surface area (Å²) in [5.41, 5.74) is 2.50. The summed E-state index contributed by atoms with van der Waals surface area (Å²) in [7, 11) is 1.98. The Kier molecular flexibility index (Phi) is 4.71. The van der Waals surface area contributed by atoms with Gasteiger partial charge in [-0.25, -0.2) is 4.98 Å². The fraction of sp³-hybridized carbons (Fsp3) is 0.429. The molecule has 1 aromatic heterocycles. The molecule has 0 spiro atoms. The third-order valence-electron chi connectivity index (χ3n) is 3.26. The van der Waals surface area contributed by atoms with Crippen molar-refractivity contribution in [2.24, 2.45) is 0 Å². The van der Waals surface area contributed by atoms with Gasteiger partial charge in [0.15, 0.2) is 0 Å². The van der Waals surface area contributed by atoms with Crippen molar-refractivity contribution in [1.29, 1.82) is 0 Å². The van der Waals surface area contributed by atoms with Gasteiger partial charge in [-0.2, -0.15) is 5.10 Å². The predicted octanol–water partition coefficient (Wildman–Crippen LogP) is 2.87. The van der Waals surface area contributed by atoms with Gasteiger partial charge in [-0.15, -0.1) is 0 Å². The van der Waals surface area contributed by atoms with Crippen LogP contribution in [0.25, 0.3) is 0 Å². The summed E-state index contributed by atoms with van der Waals surface area (Å²) in [6.07, 6.45) is 2.45. The van der Waals surface area contributed by atoms with Crippen LogP contribution in [0.2, 0.25) is 0 Å². The molecule has 0 amide bonds. The van der Waals surface area contributed by atoms with Gasteiger partial charge in [-0.1, -0.05) is 28.1 Å². The number of benzene rings is 1. The van der Waals surface area contributed by atoms with Crippen molar-refractivity contribution in [1.82, 2.24) is 20.1 Å². The van der Waals surface area contributed by atoms with E-state index in [9.17, 15) is 0 Å². The first kappa shape index (κ1) is 14.2. The van der Waals surface area contributed by atoms with E-state index in [0.29, 0.717) is 0 Å². The van der Waals surface area contributed by atoms with E-state index in [1.54, 1.807) is 6.33 Å². The summed E-state index contributed by atoms with van der Waals surface area (Å²) < 4.78 is 3.07. The molecule has 1 heterocycles. The molecule has 4 nitrogen and oxygen atoms in total. The van der Waals surface area contributed by atoms with Crippen LogP contribution in [0.4, 0.5) is 0 Å². The van der Waals surface area contributed by atoms with E-state index < -0.39 is 0 Å². The van der Waals surface area contributed by atoms with Gasteiger partial charge in [-0.05, 0) is 38.1 Å². The fourth-order valence-corrected chi connectivity index (χ4v) is 2.94. The molecule has 0 saturated carbocycles. The topological polar surface area (TPSA) is 42.7 Å². The van der Waals surface area contributed by atoms with E-state index in [0.717, 1.165) is 23.3 Å². The number of nitrogens with zero attached hydrogens (tertiary/aromatic N) is 3. The van der Waals surface area contributed by atoms with Gasteiger partial charge in [0.2, 0.25) is 0 Å². The highest BCUT2D eigenvalue weighted by Gasteiger charge is 2.16. The van der Waals surface area contributed by atoms with Gasteiger partial charge in [0.1, 0.15) is 12.2 Å². The number of rotatable bonds is 5. The minimum absolute atomic E-state index is 0.226. The van der Waals surface area contributed by atoms with Crippen LogP contribution in [-0.2, 0) is 13.0 Å². The summed E-state index contributed by atoms with van der Waals surface area (Å²) in [5, 5.41) is 7.58. The number of hydrogen-bond acceptors (Lipinski definition) is 3. The summed E-state index contributed by atoms with van der Waals surface area (Å²) in [4.78, 5) is 4.34. The molecule has 0 aliphatic heterocycles. The lowest BCUT2D eigenvalue weighted by molar-refractivity contribution is 0.532. The van der Waals surface area contributed by atoms with Crippen LogP contribution in [0.3, 0.4) is 0 Å². The Hall–Kier alpha value is -1.20. The zero-order chi connectivity index (χ0) is 13.8. The van der Waals surface area contributed by atoms with E-state index in [2.05, 4.69) is 63.4 Å². The Bertz CT molecular complexity index is 550. The molecule has 2 rings (SSSR count). The lowest BCUT2D eigenvalue weighted by atomic mass is 10.0. The van der Waals surface area contributed by atoms with Crippen LogP contribution in [0.1, 0.15) is 29.9 Å². The lowest BCUT2D eigenvalue weighted by Gasteiger charge is -2.18. The number of aryl methyl sites for hydroxylation is 2. The number of nitrogens with one attached hydrogen (secondary N) is 1. The van der Waals surface area contributed by atoms with Gasteiger partial charge in [0.25, 0.3) is 0 Å². The van der Waals surface area contributed by atoms with Crippen LogP contribution in [0.5, 0.6) is 0 Å². The molecular formula is C14H19BrN4. The van der Waals surface area contributed by atoms with Crippen molar-refractivity contribution in [3.63, 3.8) is 0 Å². The summed E-state index contributed by atoms with van der Waals surface area (Å²) >= 11 is 3.65. The van der Waals surface area contributed by atoms with Gasteiger partial charge in [0.05, 0.1) is 0 Å². The van der Waals surface area contributed by atoms with Crippen LogP contribution < -0.4 is 5.32 Å². The standard InChI is InChI=1S/C14H19BrN4/c1-4-19-14(17-9-18-19)8-13(16-3)11-6-5-10(2)7-12(11)15/h5-7,9,13,16H,4,8H2,1-3H3. The molecule has 1 unspecified atom stereocenters. The SMILES string of the molecule is CCn1ncnc1CC(NC)c1ccc(C)cc1Br. The molecule has 0 fully saturated rings. The average Bonchev–Trinajstić information content (AvgIpc) is 2.84. The quantitative estimate of drug-likeness (QED) is 0.920. The molecule has 0 saturated heterocycles. The maximum atomic E-state index is 4.34. The monoisotopic (exact) mass is 322 g/mol. The second-order valence-electron chi connectivity index (χ2n) is 4.56. The van der Waals surface area contributed by atoms with E-state index in [-0.39, 0.29) is 6.04 Å². The van der Waals surface area contributed by atoms with E-state index >= 15 is 0 Å². The van der Waals surface area contributed by atoms with Gasteiger partial charge >= 0.3 is 0 Å². The third kappa shape index (κ3) is 3.22. The zero-order valence-corrected chi connectivity index (χ0v) is 13.1. The van der Waals surface area contributed by atoms with Crippen LogP contribution in [-0.4, -0.2) is 21.8 Å². The number of likely N-dealkylation sites (N-methyl/N-ethyl adjacent to an activating group) is 1. The lowest BCUT2D eigenvalue weighted by Crippen LogP contribution is -2.21. The Morgan fingerprint density at radius 3 is 2.84 bits per heavy atom. The summed E-state index contributed by atoms with van der Waals surface area (Å²) in [6, 6.07) is 6.66. The molecule has 5 heteroatoms. The molecule has 2 aromatic rings. The van der Waals surface area contributed by atoms with Gasteiger partial charge < -0.3 is 5.32 Å². The van der Waals surface area contributed by atoms with Crippen molar-refractivity contribution in [3.8, 4) is 0 Å². The molecule has 0 radical (unpaired) electrons. The van der Waals surface area contributed by atoms with E-state index in [1.165, 1.54) is 11.1 Å². The first-order chi connectivity index (χ1) is 9.15. The van der Waals surface area contributed by atoms with Crippen molar-refractivity contribution < 1.29 is 0 Å². The first-order valence-electron chi connectivity index (χ1n) is 6.45. The second-order valence-corrected chi connectivity index (χ2v) is 5.42. The van der Waals surface area contributed by atoms with Crippen LogP contribution in [0, 0.1) is 6.92 Å². The highest BCUT2D eigenvalue weighted by molar-refractivity contribution is 9.10. The summed E-state index contributed by atoms with van der Waals surface area (Å²) in [6.45, 7) is 5.02. The van der Waals surface area contributed by atoms with Crippen LogP contribution >= 0.6 is 15.9 Å². The number of halogens is 1. The normalized spacial score (nSPS) is 12.6. The molecule has 1 aromatic carbocycles. The smallest absolute Gasteiger partial charge is 0.138 e. The minimum atomic E-state index is 0.226. The third-order valence-corrected chi connectivity index (χ3v) is 3.95. The highest BCUT2D eigenvalue weighted by Crippen LogP contribution is 2.26. The molecule has 1 atom stereocenters. The average molecular weight is 323 g/mol. The van der Waals surface area contributed by atoms with Gasteiger partial charge in [0, 0.05) is 23.5 Å². The van der Waals surface area contributed by atoms with Crippen molar-refractivity contribution in [2.75, 3.05) is 7.05 Å². The number of aromatic nitrogens is 3. The van der Waals surface area contributed by atoms with E-state index in [1.807, 2.05) is 11.7 Å². The Morgan fingerprint density at radius 1 is 1.42 bits per heavy atom. The van der Waals surface area contributed by atoms with Gasteiger partial charge in [-0.3, -0.25) is 4.68 Å². The molecule has 0 aliphatic rings. The molecular weight excluding hydrogens is 304 g/mol. The van der Waals surface area contributed by atoms with Crippen molar-refractivity contribution >= 4 is 15.9 Å². The van der Waals surface area contributed by atoms with Crippen molar-refractivity contribution in [3.05, 3.63) is 46.0 Å². The Balaban J connectivity index is 2.25. The molecule has 102 valence electrons. The maximum absolute atomic E-state index is 4.34. The molecule has 19 heavy (non-hydrogen) atoms. The number of hydrogen-bond donors (Lipinski definition) is 1. The fourth-order valence-electron chi connectivity index (χ4n) is 2.18. The van der Waals surface area contributed by atoms with Crippen molar-refractivity contribution in [2.45, 2.75) is 32.9 Å². The Morgan fingerprint density at radius 2 is 2.21 bits per heavy atom. The first-order valence-corrected chi connectivity index (χ1v) is 7.25. The Labute approximate surface area is 122 Å². The summed E-state index contributed by atoms with van der Waals surface area (Å²) in [5.74, 6) is 1.01. The second kappa shape index (κ2) is 6.30. The maximum Gasteiger partial charge on any atom is 0.138 e. The minimum Gasteiger partial charge on any atom is -0.313 e. The van der Waals surface area contributed by atoms with Crippen LogP contribution in [0.15, 0.2) is 29.0 Å². The zero-order valence-electron chi connectivity index (χ0n) is 11.5. The highest BCUT2D eigenvalue weighted by atomic mass is 79.9. The van der Waals surface area contributed by atoms with E-state index in [4.69, 9.17) is 0 Å². The largest absolute Gasteiger partial charge is 0.313 e.